The van der Waals surface area contributed by atoms with Gasteiger partial charge >= 0.3 is 0 Å². The van der Waals surface area contributed by atoms with Crippen molar-refractivity contribution in [1.29, 1.82) is 5.26 Å². The average molecular weight is 627 g/mol. The summed E-state index contributed by atoms with van der Waals surface area (Å²) < 4.78 is 17.2. The molecule has 45 heavy (non-hydrogen) atoms. The maximum absolute atomic E-state index is 12.9. The molecule has 5 rings (SSSR count). The van der Waals surface area contributed by atoms with Gasteiger partial charge in [-0.1, -0.05) is 30.7 Å². The minimum absolute atomic E-state index is 0.278. The molecule has 2 N–H and O–H groups in total. The normalized spacial score (nSPS) is 13.5. The van der Waals surface area contributed by atoms with Crippen molar-refractivity contribution in [3.05, 3.63) is 88.9 Å². The number of aromatic nitrogens is 2. The second-order valence-corrected chi connectivity index (χ2v) is 10.7. The van der Waals surface area contributed by atoms with Crippen molar-refractivity contribution in [2.45, 2.75) is 26.9 Å². The minimum Gasteiger partial charge on any atom is -0.492 e. The monoisotopic (exact) mass is 626 g/mol. The van der Waals surface area contributed by atoms with Gasteiger partial charge in [-0.2, -0.15) is 5.26 Å². The van der Waals surface area contributed by atoms with Gasteiger partial charge in [0.05, 0.1) is 58.7 Å². The number of carbonyl (C=O) groups is 1. The number of carbonyl (C=O) groups excluding carboxylic acids is 1. The lowest BCUT2D eigenvalue weighted by atomic mass is 10.0. The van der Waals surface area contributed by atoms with Crippen LogP contribution in [-0.2, 0) is 22.6 Å². The van der Waals surface area contributed by atoms with Gasteiger partial charge in [0.15, 0.2) is 0 Å². The second kappa shape index (κ2) is 15.3. The molecule has 1 aliphatic rings. The first-order chi connectivity index (χ1) is 22.0. The number of morpholine rings is 1. The Morgan fingerprint density at radius 2 is 1.98 bits per heavy atom. The van der Waals surface area contributed by atoms with E-state index >= 15 is 0 Å². The summed E-state index contributed by atoms with van der Waals surface area (Å²) in [6, 6.07) is 16.9. The first-order valence-corrected chi connectivity index (χ1v) is 15.3. The average Bonchev–Trinajstić information content (AvgIpc) is 3.05. The fourth-order valence-corrected chi connectivity index (χ4v) is 5.20. The van der Waals surface area contributed by atoms with Crippen LogP contribution in [-0.4, -0.2) is 60.2 Å². The van der Waals surface area contributed by atoms with Crippen LogP contribution in [0.2, 0.25) is 5.02 Å². The fourth-order valence-electron chi connectivity index (χ4n) is 4.96. The number of rotatable bonds is 12. The topological polar surface area (TPSA) is 122 Å². The molecule has 0 aliphatic carbocycles. The summed E-state index contributed by atoms with van der Waals surface area (Å²) in [6.45, 7) is 8.22. The van der Waals surface area contributed by atoms with Crippen molar-refractivity contribution in [3.63, 3.8) is 0 Å². The molecule has 0 bridgehead atoms. The summed E-state index contributed by atoms with van der Waals surface area (Å²) in [5, 5.41) is 17.6. The first kappa shape index (κ1) is 31.7. The molecule has 1 fully saturated rings. The van der Waals surface area contributed by atoms with Crippen LogP contribution in [0.5, 0.6) is 11.5 Å². The van der Waals surface area contributed by atoms with Crippen LogP contribution >= 0.6 is 11.6 Å². The summed E-state index contributed by atoms with van der Waals surface area (Å²) in [4.78, 5) is 24.2. The van der Waals surface area contributed by atoms with Crippen LogP contribution in [0.15, 0.2) is 66.9 Å². The molecule has 11 heteroatoms. The summed E-state index contributed by atoms with van der Waals surface area (Å²) in [7, 11) is 0. The van der Waals surface area contributed by atoms with E-state index in [9.17, 15) is 10.1 Å². The van der Waals surface area contributed by atoms with Gasteiger partial charge in [0.2, 0.25) is 5.91 Å². The number of nitrogens with zero attached hydrogens (tertiary/aromatic N) is 4. The molecule has 10 nitrogen and oxygen atoms in total. The quantitative estimate of drug-likeness (QED) is 0.175. The van der Waals surface area contributed by atoms with Crippen molar-refractivity contribution in [1.82, 2.24) is 14.9 Å². The third kappa shape index (κ3) is 8.08. The van der Waals surface area contributed by atoms with E-state index in [1.54, 1.807) is 30.5 Å². The molecule has 2 aromatic heterocycles. The number of ether oxygens (including phenoxy) is 3. The van der Waals surface area contributed by atoms with Crippen LogP contribution < -0.4 is 20.1 Å². The minimum atomic E-state index is -0.287. The number of fused-ring (bicyclic) bond motifs is 1. The van der Waals surface area contributed by atoms with Crippen LogP contribution in [0, 0.1) is 11.3 Å². The second-order valence-electron chi connectivity index (χ2n) is 10.3. The van der Waals surface area contributed by atoms with Crippen LogP contribution in [0.1, 0.15) is 30.8 Å². The molecule has 2 aromatic carbocycles. The molecular formula is C34H35ClN6O4. The van der Waals surface area contributed by atoms with E-state index in [0.717, 1.165) is 18.8 Å². The summed E-state index contributed by atoms with van der Waals surface area (Å²) in [5.41, 5.74) is 4.13. The van der Waals surface area contributed by atoms with Crippen molar-refractivity contribution in [2.24, 2.45) is 0 Å². The highest BCUT2D eigenvalue weighted by molar-refractivity contribution is 6.32. The van der Waals surface area contributed by atoms with Gasteiger partial charge in [0.25, 0.3) is 0 Å². The summed E-state index contributed by atoms with van der Waals surface area (Å²) in [5.74, 6) is 0.711. The number of aryl methyl sites for hydroxylation is 1. The number of nitriles is 1. The summed E-state index contributed by atoms with van der Waals surface area (Å²) >= 11 is 6.60. The van der Waals surface area contributed by atoms with Crippen molar-refractivity contribution in [3.8, 4) is 17.6 Å². The van der Waals surface area contributed by atoms with E-state index in [4.69, 9.17) is 30.8 Å². The van der Waals surface area contributed by atoms with Gasteiger partial charge in [-0.05, 0) is 49.7 Å². The Kier molecular flexibility index (Phi) is 10.8. The van der Waals surface area contributed by atoms with E-state index in [1.807, 2.05) is 44.2 Å². The number of anilines is 3. The van der Waals surface area contributed by atoms with E-state index in [-0.39, 0.29) is 12.5 Å². The lowest BCUT2D eigenvalue weighted by Crippen LogP contribution is -2.36. The molecule has 1 amide bonds. The standard InChI is InChI=1S/C34H35ClN6O4/c1-3-28-26(21-36)34(38-23-10-11-31(27(35)18-23)45-22-24-8-5-6-12-37-24)25-19-30(32(44-4-2)20-29(25)39-28)40-33(42)9-7-13-41-14-16-43-17-15-41/h5-12,18-20H,3-4,13-17,22H2,1-2H3,(H,38,39)(H,40,42)/b9-7+. The zero-order chi connectivity index (χ0) is 31.6. The smallest absolute Gasteiger partial charge is 0.248 e. The van der Waals surface area contributed by atoms with Crippen LogP contribution in [0.25, 0.3) is 10.9 Å². The highest BCUT2D eigenvalue weighted by Crippen LogP contribution is 2.38. The lowest BCUT2D eigenvalue weighted by Gasteiger charge is -2.25. The SMILES string of the molecule is CCOc1cc2nc(CC)c(C#N)c(Nc3ccc(OCc4ccccn4)c(Cl)c3)c2cc1NC(=O)/C=C/CN1CCOCC1. The molecule has 1 saturated heterocycles. The predicted octanol–water partition coefficient (Wildman–Crippen LogP) is 6.27. The van der Waals surface area contributed by atoms with E-state index < -0.39 is 0 Å². The van der Waals surface area contributed by atoms with Gasteiger partial charge in [0, 0.05) is 49.0 Å². The van der Waals surface area contributed by atoms with Crippen LogP contribution in [0.4, 0.5) is 17.1 Å². The molecule has 0 atom stereocenters. The third-order valence-corrected chi connectivity index (χ3v) is 7.50. The van der Waals surface area contributed by atoms with Gasteiger partial charge in [0.1, 0.15) is 24.2 Å². The van der Waals surface area contributed by atoms with E-state index in [1.165, 1.54) is 6.08 Å². The number of hydrogen-bond acceptors (Lipinski definition) is 9. The van der Waals surface area contributed by atoms with E-state index in [2.05, 4.69) is 26.6 Å². The number of nitrogens with one attached hydrogen (secondary N) is 2. The highest BCUT2D eigenvalue weighted by Gasteiger charge is 2.19. The largest absolute Gasteiger partial charge is 0.492 e. The Labute approximate surface area is 267 Å². The Balaban J connectivity index is 1.44. The number of halogens is 1. The zero-order valence-corrected chi connectivity index (χ0v) is 26.1. The number of benzene rings is 2. The van der Waals surface area contributed by atoms with Crippen molar-refractivity contribution in [2.75, 3.05) is 50.1 Å². The molecule has 0 radical (unpaired) electrons. The van der Waals surface area contributed by atoms with Gasteiger partial charge < -0.3 is 24.8 Å². The summed E-state index contributed by atoms with van der Waals surface area (Å²) in [6.07, 6.45) is 5.62. The van der Waals surface area contributed by atoms with Gasteiger partial charge in [-0.3, -0.25) is 19.7 Å². The van der Waals surface area contributed by atoms with Gasteiger partial charge in [-0.25, -0.2) is 0 Å². The molecule has 1 aliphatic heterocycles. The van der Waals surface area contributed by atoms with Crippen molar-refractivity contribution < 1.29 is 19.0 Å². The third-order valence-electron chi connectivity index (χ3n) is 7.21. The molecule has 232 valence electrons. The Bertz CT molecular complexity index is 1720. The Morgan fingerprint density at radius 3 is 2.69 bits per heavy atom. The molecule has 3 heterocycles. The first-order valence-electron chi connectivity index (χ1n) is 14.9. The molecule has 4 aromatic rings. The number of hydrogen-bond donors (Lipinski definition) is 2. The fraction of sp³-hybridized carbons (Fsp3) is 0.294. The predicted molar refractivity (Wildman–Crippen MR) is 175 cm³/mol. The molecular weight excluding hydrogens is 592 g/mol. The number of amides is 1. The van der Waals surface area contributed by atoms with E-state index in [0.29, 0.717) is 88.5 Å². The van der Waals surface area contributed by atoms with Crippen LogP contribution in [0.3, 0.4) is 0 Å². The molecule has 0 unspecified atom stereocenters. The Hall–Kier alpha value is -4.69. The van der Waals surface area contributed by atoms with Gasteiger partial charge in [-0.15, -0.1) is 0 Å². The maximum Gasteiger partial charge on any atom is 0.248 e. The highest BCUT2D eigenvalue weighted by atomic mass is 35.5. The lowest BCUT2D eigenvalue weighted by molar-refractivity contribution is -0.111. The maximum atomic E-state index is 12.9. The molecule has 0 spiro atoms. The molecule has 0 saturated carbocycles. The Morgan fingerprint density at radius 1 is 1.13 bits per heavy atom. The zero-order valence-electron chi connectivity index (χ0n) is 25.3. The van der Waals surface area contributed by atoms with Crippen molar-refractivity contribution >= 4 is 45.5 Å². The number of pyridine rings is 2.